The van der Waals surface area contributed by atoms with E-state index in [9.17, 15) is 0 Å². The van der Waals surface area contributed by atoms with Crippen LogP contribution < -0.4 is 4.74 Å². The van der Waals surface area contributed by atoms with Crippen molar-refractivity contribution in [1.82, 2.24) is 0 Å². The molecule has 0 radical (unpaired) electrons. The fourth-order valence-electron chi connectivity index (χ4n) is 1.53. The first-order chi connectivity index (χ1) is 8.08. The molecule has 0 amide bonds. The molecular weight excluding hydrogens is 412 g/mol. The number of halogens is 3. The van der Waals surface area contributed by atoms with Crippen LogP contribution in [0.15, 0.2) is 27.1 Å². The second-order valence-electron chi connectivity index (χ2n) is 4.18. The summed E-state index contributed by atoms with van der Waals surface area (Å²) in [5.41, 5.74) is 0.217. The van der Waals surface area contributed by atoms with Crippen LogP contribution in [0.5, 0.6) is 5.75 Å². The highest BCUT2D eigenvalue weighted by molar-refractivity contribution is 9.11. The number of rotatable bonds is 6. The lowest BCUT2D eigenvalue weighted by molar-refractivity contribution is 0.156. The minimum atomic E-state index is 0.217. The van der Waals surface area contributed by atoms with Crippen molar-refractivity contribution >= 4 is 47.8 Å². The zero-order chi connectivity index (χ0) is 12.9. The maximum Gasteiger partial charge on any atom is 0.147 e. The fraction of sp³-hybridized carbons (Fsp3) is 0.538. The zero-order valence-electron chi connectivity index (χ0n) is 10.1. The summed E-state index contributed by atoms with van der Waals surface area (Å²) in [6, 6.07) is 5.97. The van der Waals surface area contributed by atoms with Gasteiger partial charge in [-0.3, -0.25) is 0 Å². The molecule has 96 valence electrons. The lowest BCUT2D eigenvalue weighted by atomic mass is 9.86. The van der Waals surface area contributed by atoms with E-state index < -0.39 is 0 Å². The summed E-state index contributed by atoms with van der Waals surface area (Å²) < 4.78 is 7.96. The summed E-state index contributed by atoms with van der Waals surface area (Å²) in [4.78, 5) is 0. The van der Waals surface area contributed by atoms with Gasteiger partial charge in [0.25, 0.3) is 0 Å². The molecule has 4 heteroatoms. The Morgan fingerprint density at radius 1 is 1.12 bits per heavy atom. The van der Waals surface area contributed by atoms with Crippen LogP contribution in [0.1, 0.15) is 26.7 Å². The third-order valence-corrected chi connectivity index (χ3v) is 5.66. The average Bonchev–Trinajstić information content (AvgIpc) is 2.34. The fourth-order valence-corrected chi connectivity index (χ4v) is 3.71. The summed E-state index contributed by atoms with van der Waals surface area (Å²) >= 11 is 10.6. The van der Waals surface area contributed by atoms with Crippen LogP contribution >= 0.6 is 47.8 Å². The third kappa shape index (κ3) is 3.97. The van der Waals surface area contributed by atoms with E-state index in [1.54, 1.807) is 0 Å². The average molecular weight is 429 g/mol. The van der Waals surface area contributed by atoms with Gasteiger partial charge in [-0.1, -0.05) is 35.8 Å². The maximum absolute atomic E-state index is 5.98. The van der Waals surface area contributed by atoms with Crippen molar-refractivity contribution in [2.45, 2.75) is 26.7 Å². The normalized spacial score (nSPS) is 11.6. The second-order valence-corrected chi connectivity index (χ2v) is 6.45. The van der Waals surface area contributed by atoms with Gasteiger partial charge in [-0.2, -0.15) is 0 Å². The molecule has 1 nitrogen and oxygen atoms in total. The molecule has 0 spiro atoms. The molecule has 0 aliphatic heterocycles. The van der Waals surface area contributed by atoms with E-state index in [-0.39, 0.29) is 5.41 Å². The van der Waals surface area contributed by atoms with E-state index >= 15 is 0 Å². The smallest absolute Gasteiger partial charge is 0.147 e. The Hall–Kier alpha value is 0.460. The van der Waals surface area contributed by atoms with Crippen LogP contribution in [0.25, 0.3) is 0 Å². The Balaban J connectivity index is 2.79. The van der Waals surface area contributed by atoms with Crippen LogP contribution in [-0.4, -0.2) is 11.9 Å². The SMILES string of the molecule is CCC(CC)(CBr)COc1c(Br)cccc1Br. The Labute approximate surface area is 129 Å². The Bertz CT molecular complexity index is 333. The molecule has 0 fully saturated rings. The van der Waals surface area contributed by atoms with Crippen molar-refractivity contribution in [1.29, 1.82) is 0 Å². The molecule has 17 heavy (non-hydrogen) atoms. The summed E-state index contributed by atoms with van der Waals surface area (Å²) in [5.74, 6) is 0.889. The quantitative estimate of drug-likeness (QED) is 0.521. The van der Waals surface area contributed by atoms with Crippen molar-refractivity contribution in [2.75, 3.05) is 11.9 Å². The highest BCUT2D eigenvalue weighted by Crippen LogP contribution is 2.36. The topological polar surface area (TPSA) is 9.23 Å². The van der Waals surface area contributed by atoms with E-state index in [0.717, 1.165) is 39.5 Å². The van der Waals surface area contributed by atoms with Crippen molar-refractivity contribution in [2.24, 2.45) is 5.41 Å². The minimum absolute atomic E-state index is 0.217. The predicted octanol–water partition coefficient (Wildman–Crippen LogP) is 5.79. The van der Waals surface area contributed by atoms with E-state index in [2.05, 4.69) is 61.6 Å². The number of ether oxygens (including phenoxy) is 1. The Morgan fingerprint density at radius 3 is 2.06 bits per heavy atom. The van der Waals surface area contributed by atoms with E-state index in [1.807, 2.05) is 18.2 Å². The summed E-state index contributed by atoms with van der Waals surface area (Å²) in [7, 11) is 0. The van der Waals surface area contributed by atoms with E-state index in [0.29, 0.717) is 0 Å². The van der Waals surface area contributed by atoms with E-state index in [4.69, 9.17) is 4.74 Å². The molecule has 0 saturated carbocycles. The second kappa shape index (κ2) is 7.15. The Kier molecular flexibility index (Phi) is 6.52. The zero-order valence-corrected chi connectivity index (χ0v) is 14.9. The van der Waals surface area contributed by atoms with Crippen LogP contribution in [0.3, 0.4) is 0 Å². The summed E-state index contributed by atoms with van der Waals surface area (Å²) in [5, 5.41) is 0.967. The highest BCUT2D eigenvalue weighted by atomic mass is 79.9. The number of para-hydroxylation sites is 1. The van der Waals surface area contributed by atoms with Crippen LogP contribution in [0.4, 0.5) is 0 Å². The molecule has 0 aromatic heterocycles. The lowest BCUT2D eigenvalue weighted by Gasteiger charge is -2.29. The van der Waals surface area contributed by atoms with Gasteiger partial charge in [0.05, 0.1) is 15.6 Å². The van der Waals surface area contributed by atoms with Crippen molar-refractivity contribution in [3.63, 3.8) is 0 Å². The predicted molar refractivity (Wildman–Crippen MR) is 84.1 cm³/mol. The summed E-state index contributed by atoms with van der Waals surface area (Å²) in [6.07, 6.45) is 2.22. The van der Waals surface area contributed by atoms with Gasteiger partial charge in [0.1, 0.15) is 5.75 Å². The molecule has 0 heterocycles. The molecule has 0 atom stereocenters. The molecule has 1 aromatic carbocycles. The molecule has 0 bridgehead atoms. The first-order valence-electron chi connectivity index (χ1n) is 5.71. The molecule has 0 saturated heterocycles. The van der Waals surface area contributed by atoms with Gasteiger partial charge < -0.3 is 4.74 Å². The highest BCUT2D eigenvalue weighted by Gasteiger charge is 2.26. The summed E-state index contributed by atoms with van der Waals surface area (Å²) in [6.45, 7) is 5.15. The monoisotopic (exact) mass is 426 g/mol. The lowest BCUT2D eigenvalue weighted by Crippen LogP contribution is -2.29. The van der Waals surface area contributed by atoms with Gasteiger partial charge >= 0.3 is 0 Å². The molecule has 1 aromatic rings. The van der Waals surface area contributed by atoms with Gasteiger partial charge in [0.15, 0.2) is 0 Å². The molecule has 0 aliphatic rings. The minimum Gasteiger partial charge on any atom is -0.491 e. The number of alkyl halides is 1. The molecule has 0 aliphatic carbocycles. The Morgan fingerprint density at radius 2 is 1.65 bits per heavy atom. The number of hydrogen-bond donors (Lipinski definition) is 0. The van der Waals surface area contributed by atoms with E-state index in [1.165, 1.54) is 0 Å². The van der Waals surface area contributed by atoms with Crippen LogP contribution in [-0.2, 0) is 0 Å². The van der Waals surface area contributed by atoms with Gasteiger partial charge in [0, 0.05) is 10.7 Å². The number of hydrogen-bond acceptors (Lipinski definition) is 1. The van der Waals surface area contributed by atoms with Gasteiger partial charge in [-0.25, -0.2) is 0 Å². The van der Waals surface area contributed by atoms with Crippen molar-refractivity contribution in [3.05, 3.63) is 27.1 Å². The van der Waals surface area contributed by atoms with Crippen LogP contribution in [0.2, 0.25) is 0 Å². The van der Waals surface area contributed by atoms with Crippen molar-refractivity contribution in [3.8, 4) is 5.75 Å². The maximum atomic E-state index is 5.98. The van der Waals surface area contributed by atoms with Crippen molar-refractivity contribution < 1.29 is 4.74 Å². The first kappa shape index (κ1) is 15.5. The number of benzene rings is 1. The van der Waals surface area contributed by atoms with Crippen LogP contribution in [0, 0.1) is 5.41 Å². The molecular formula is C13H17Br3O. The largest absolute Gasteiger partial charge is 0.491 e. The standard InChI is InChI=1S/C13H17Br3O/c1-3-13(4-2,8-14)9-17-12-10(15)6-5-7-11(12)16/h5-7H,3-4,8-9H2,1-2H3. The van der Waals surface area contributed by atoms with Gasteiger partial charge in [-0.15, -0.1) is 0 Å². The van der Waals surface area contributed by atoms with Gasteiger partial charge in [-0.05, 0) is 56.8 Å². The molecule has 1 rings (SSSR count). The molecule has 0 N–H and O–H groups in total. The third-order valence-electron chi connectivity index (χ3n) is 3.23. The molecule has 0 unspecified atom stereocenters. The first-order valence-corrected chi connectivity index (χ1v) is 8.42. The van der Waals surface area contributed by atoms with Gasteiger partial charge in [0.2, 0.25) is 0 Å².